The number of nitrogens with one attached hydrogen (secondary N) is 3. The van der Waals surface area contributed by atoms with E-state index in [1.807, 2.05) is 0 Å². The second-order valence-corrected chi connectivity index (χ2v) is 14.5. The van der Waals surface area contributed by atoms with Gasteiger partial charge in [-0.3, -0.25) is 30.1 Å². The van der Waals surface area contributed by atoms with Crippen molar-refractivity contribution >= 4 is 44.4 Å². The molecule has 4 amide bonds. The van der Waals surface area contributed by atoms with Crippen LogP contribution < -0.4 is 20.6 Å². The minimum absolute atomic E-state index is 0.0537. The number of hydrogen-bond acceptors (Lipinski definition) is 7. The minimum atomic E-state index is -2.09. The van der Waals surface area contributed by atoms with Crippen molar-refractivity contribution in [3.8, 4) is 5.75 Å². The third-order valence-electron chi connectivity index (χ3n) is 6.82. The Morgan fingerprint density at radius 1 is 1.07 bits per heavy atom. The standard InChI is InChI=1S/C26H36ClFN4O7Si/c1-26(2,3)39-25(36)32-14-40(31-22(33)13-37-17-6-7-19(27)20(28)12-17)9-8-21(32)24(35)30-29-23(34)15-10-18(11-15)38-16-4-5-16/h6-7,12,15-16,18,21,40H,4-5,8-11,13-14H2,1-3H3,(H,29,34)(H,30,35)(H,31,33)/t15?,18?,21-,40+/m1/s1. The summed E-state index contributed by atoms with van der Waals surface area (Å²) in [5.41, 5.74) is 4.14. The molecule has 220 valence electrons. The number of rotatable bonds is 8. The molecule has 2 aliphatic carbocycles. The summed E-state index contributed by atoms with van der Waals surface area (Å²) in [6.07, 6.45) is 3.55. The van der Waals surface area contributed by atoms with Crippen LogP contribution in [0.5, 0.6) is 5.75 Å². The van der Waals surface area contributed by atoms with Crippen molar-refractivity contribution in [1.82, 2.24) is 20.7 Å². The van der Waals surface area contributed by atoms with E-state index in [4.69, 9.17) is 25.8 Å². The molecular formula is C26H36ClFN4O7Si. The van der Waals surface area contributed by atoms with E-state index in [0.717, 1.165) is 18.9 Å². The Morgan fingerprint density at radius 3 is 2.42 bits per heavy atom. The molecule has 0 radical (unpaired) electrons. The largest absolute Gasteiger partial charge is 0.484 e. The van der Waals surface area contributed by atoms with Gasteiger partial charge in [0.25, 0.3) is 5.91 Å². The lowest BCUT2D eigenvalue weighted by atomic mass is 9.82. The summed E-state index contributed by atoms with van der Waals surface area (Å²) in [5.74, 6) is -1.97. The van der Waals surface area contributed by atoms with Crippen molar-refractivity contribution in [1.29, 1.82) is 0 Å². The zero-order valence-electron chi connectivity index (χ0n) is 22.8. The molecule has 0 spiro atoms. The number of carbonyl (C=O) groups is 4. The van der Waals surface area contributed by atoms with Crippen molar-refractivity contribution in [2.75, 3.05) is 12.8 Å². The highest BCUT2D eigenvalue weighted by Gasteiger charge is 2.41. The fourth-order valence-electron chi connectivity index (χ4n) is 4.54. The Balaban J connectivity index is 1.28. The van der Waals surface area contributed by atoms with E-state index in [0.29, 0.717) is 25.0 Å². The lowest BCUT2D eigenvalue weighted by Crippen LogP contribution is -2.62. The minimum Gasteiger partial charge on any atom is -0.484 e. The number of hydrogen-bond donors (Lipinski definition) is 3. The average Bonchev–Trinajstić information content (AvgIpc) is 3.68. The number of hydrazine groups is 1. The molecule has 40 heavy (non-hydrogen) atoms. The van der Waals surface area contributed by atoms with Crippen LogP contribution in [0.2, 0.25) is 11.1 Å². The number of nitrogens with zero attached hydrogens (tertiary/aromatic N) is 1. The SMILES string of the molecule is CC(C)(C)OC(=O)N1C[Si@@H](NC(=O)COc2ccc(Cl)c(F)c2)CC[C@@H]1C(=O)NNC(=O)C1CC(OC2CC2)C1. The maximum Gasteiger partial charge on any atom is 0.410 e. The van der Waals surface area contributed by atoms with Gasteiger partial charge in [-0.25, -0.2) is 9.18 Å². The molecule has 1 aromatic carbocycles. The molecule has 2 atom stereocenters. The first kappa shape index (κ1) is 30.1. The molecular weight excluding hydrogens is 563 g/mol. The first-order valence-corrected chi connectivity index (χ1v) is 16.1. The molecule has 11 nitrogen and oxygen atoms in total. The Kier molecular flexibility index (Phi) is 9.57. The molecule has 0 aromatic heterocycles. The van der Waals surface area contributed by atoms with Gasteiger partial charge in [0.2, 0.25) is 11.8 Å². The summed E-state index contributed by atoms with van der Waals surface area (Å²) in [6.45, 7) is 4.81. The van der Waals surface area contributed by atoms with Gasteiger partial charge in [0, 0.05) is 18.2 Å². The van der Waals surface area contributed by atoms with Gasteiger partial charge in [0.15, 0.2) is 15.6 Å². The second kappa shape index (κ2) is 12.7. The maximum atomic E-state index is 13.6. The molecule has 14 heteroatoms. The lowest BCUT2D eigenvalue weighted by Gasteiger charge is -2.39. The molecule has 3 aliphatic rings. The average molecular weight is 599 g/mol. The first-order valence-electron chi connectivity index (χ1n) is 13.5. The molecule has 1 saturated heterocycles. The summed E-state index contributed by atoms with van der Waals surface area (Å²) in [4.78, 5) is 55.3. The molecule has 0 unspecified atom stereocenters. The van der Waals surface area contributed by atoms with Crippen LogP contribution in [0.15, 0.2) is 18.2 Å². The van der Waals surface area contributed by atoms with Crippen LogP contribution >= 0.6 is 11.6 Å². The molecule has 3 N–H and O–H groups in total. The number of halogens is 2. The van der Waals surface area contributed by atoms with Crippen LogP contribution in [-0.2, 0) is 23.9 Å². The number of carbonyl (C=O) groups excluding carboxylic acids is 4. The summed E-state index contributed by atoms with van der Waals surface area (Å²) >= 11 is 5.67. The van der Waals surface area contributed by atoms with E-state index < -0.39 is 44.3 Å². The highest BCUT2D eigenvalue weighted by atomic mass is 35.5. The van der Waals surface area contributed by atoms with E-state index in [1.54, 1.807) is 20.8 Å². The van der Waals surface area contributed by atoms with Crippen LogP contribution in [0.25, 0.3) is 0 Å². The second-order valence-electron chi connectivity index (χ2n) is 11.5. The third kappa shape index (κ3) is 8.55. The Labute approximate surface area is 239 Å². The highest BCUT2D eigenvalue weighted by molar-refractivity contribution is 6.59. The third-order valence-corrected chi connectivity index (χ3v) is 9.72. The molecule has 0 bridgehead atoms. The maximum absolute atomic E-state index is 13.6. The van der Waals surface area contributed by atoms with Gasteiger partial charge in [-0.1, -0.05) is 11.6 Å². The molecule has 4 rings (SSSR count). The lowest BCUT2D eigenvalue weighted by molar-refractivity contribution is -0.139. The summed E-state index contributed by atoms with van der Waals surface area (Å²) in [7, 11) is -2.09. The quantitative estimate of drug-likeness (QED) is 0.309. The monoisotopic (exact) mass is 598 g/mol. The van der Waals surface area contributed by atoms with E-state index in [2.05, 4.69) is 15.8 Å². The summed E-state index contributed by atoms with van der Waals surface area (Å²) < 4.78 is 30.3. The fourth-order valence-corrected chi connectivity index (χ4v) is 7.22. The Hall–Kier alpha value is -2.90. The normalized spacial score (nSPS) is 24.4. The fraction of sp³-hybridized carbons (Fsp3) is 0.615. The zero-order chi connectivity index (χ0) is 29.0. The van der Waals surface area contributed by atoms with Gasteiger partial charge in [-0.05, 0) is 71.1 Å². The van der Waals surface area contributed by atoms with Gasteiger partial charge in [0.05, 0.1) is 17.2 Å². The molecule has 1 aliphatic heterocycles. The molecule has 2 saturated carbocycles. The highest BCUT2D eigenvalue weighted by Crippen LogP contribution is 2.36. The van der Waals surface area contributed by atoms with Gasteiger partial charge in [0.1, 0.15) is 23.2 Å². The summed E-state index contributed by atoms with van der Waals surface area (Å²) in [5, 5.41) is -0.0537. The molecule has 3 fully saturated rings. The van der Waals surface area contributed by atoms with Crippen LogP contribution in [0.1, 0.15) is 52.9 Å². The van der Waals surface area contributed by atoms with E-state index in [-0.39, 0.29) is 47.9 Å². The topological polar surface area (TPSA) is 135 Å². The van der Waals surface area contributed by atoms with Gasteiger partial charge in [-0.2, -0.15) is 0 Å². The van der Waals surface area contributed by atoms with E-state index >= 15 is 0 Å². The predicted molar refractivity (Wildman–Crippen MR) is 145 cm³/mol. The van der Waals surface area contributed by atoms with Crippen LogP contribution in [0, 0.1) is 11.7 Å². The summed E-state index contributed by atoms with van der Waals surface area (Å²) in [6, 6.07) is 3.52. The van der Waals surface area contributed by atoms with Gasteiger partial charge >= 0.3 is 6.09 Å². The van der Waals surface area contributed by atoms with Crippen LogP contribution in [-0.4, -0.2) is 74.3 Å². The molecule has 1 heterocycles. The number of benzene rings is 1. The van der Waals surface area contributed by atoms with Crippen molar-refractivity contribution in [2.24, 2.45) is 5.92 Å². The van der Waals surface area contributed by atoms with E-state index in [9.17, 15) is 23.6 Å². The van der Waals surface area contributed by atoms with Crippen molar-refractivity contribution in [3.63, 3.8) is 0 Å². The number of ether oxygens (including phenoxy) is 3. The Morgan fingerprint density at radius 2 is 1.77 bits per heavy atom. The number of amides is 4. The van der Waals surface area contributed by atoms with Crippen LogP contribution in [0.4, 0.5) is 9.18 Å². The molecule has 1 aromatic rings. The van der Waals surface area contributed by atoms with Crippen molar-refractivity contribution in [3.05, 3.63) is 29.0 Å². The van der Waals surface area contributed by atoms with Crippen LogP contribution in [0.3, 0.4) is 0 Å². The van der Waals surface area contributed by atoms with Crippen molar-refractivity contribution in [2.45, 2.75) is 82.8 Å². The smallest absolute Gasteiger partial charge is 0.410 e. The van der Waals surface area contributed by atoms with Crippen molar-refractivity contribution < 1.29 is 37.8 Å². The zero-order valence-corrected chi connectivity index (χ0v) is 24.7. The first-order chi connectivity index (χ1) is 18.9. The Bertz CT molecular complexity index is 1130. The predicted octanol–water partition coefficient (Wildman–Crippen LogP) is 2.35. The van der Waals surface area contributed by atoms with Gasteiger partial charge in [-0.15, -0.1) is 0 Å². The van der Waals surface area contributed by atoms with E-state index in [1.165, 1.54) is 17.0 Å². The van der Waals surface area contributed by atoms with Gasteiger partial charge < -0.3 is 19.2 Å².